The number of anilines is 2. The fraction of sp³-hybridized carbons (Fsp3) is 0.458. The molecule has 0 unspecified atom stereocenters. The van der Waals surface area contributed by atoms with Crippen LogP contribution in [0.4, 0.5) is 26.8 Å². The first-order valence-electron chi connectivity index (χ1n) is 11.0. The number of pyridine rings is 1. The first-order chi connectivity index (χ1) is 16.6. The molecule has 0 saturated heterocycles. The lowest BCUT2D eigenvalue weighted by atomic mass is 10.1. The minimum atomic E-state index is -0.901. The zero-order valence-electron chi connectivity index (χ0n) is 21.7. The van der Waals surface area contributed by atoms with Gasteiger partial charge < -0.3 is 24.3 Å². The summed E-state index contributed by atoms with van der Waals surface area (Å²) < 4.78 is 21.3. The van der Waals surface area contributed by atoms with Crippen LogP contribution in [-0.2, 0) is 16.0 Å². The summed E-state index contributed by atoms with van der Waals surface area (Å²) in [5.74, 6) is 0.496. The van der Waals surface area contributed by atoms with Crippen molar-refractivity contribution in [1.29, 1.82) is 0 Å². The molecule has 36 heavy (non-hydrogen) atoms. The fourth-order valence-electron chi connectivity index (χ4n) is 2.91. The number of ether oxygens (including phenoxy) is 4. The third-order valence-corrected chi connectivity index (χ3v) is 4.35. The number of hydrogen-bond acceptors (Lipinski definition) is 10. The molecule has 196 valence electrons. The van der Waals surface area contributed by atoms with Crippen LogP contribution in [0.25, 0.3) is 0 Å². The van der Waals surface area contributed by atoms with Crippen LogP contribution in [0.5, 0.6) is 11.6 Å². The molecule has 0 aliphatic heterocycles. The van der Waals surface area contributed by atoms with Crippen LogP contribution in [0, 0.1) is 10.1 Å². The van der Waals surface area contributed by atoms with Gasteiger partial charge in [-0.1, -0.05) is 0 Å². The maximum absolute atomic E-state index is 12.9. The van der Waals surface area contributed by atoms with Crippen LogP contribution in [0.15, 0.2) is 30.3 Å². The van der Waals surface area contributed by atoms with Crippen LogP contribution in [0.2, 0.25) is 0 Å². The lowest BCUT2D eigenvalue weighted by molar-refractivity contribution is -0.384. The van der Waals surface area contributed by atoms with Gasteiger partial charge in [-0.25, -0.2) is 14.5 Å². The molecular weight excluding hydrogens is 472 g/mol. The van der Waals surface area contributed by atoms with Crippen molar-refractivity contribution in [3.8, 4) is 11.6 Å². The Balaban J connectivity index is 2.47. The predicted octanol–water partition coefficient (Wildman–Crippen LogP) is 5.42. The molecule has 2 amide bonds. The van der Waals surface area contributed by atoms with Gasteiger partial charge in [0.2, 0.25) is 11.7 Å². The minimum absolute atomic E-state index is 0.0494. The van der Waals surface area contributed by atoms with Gasteiger partial charge in [0.15, 0.2) is 0 Å². The molecule has 1 aromatic heterocycles. The number of nitrogens with one attached hydrogen (secondary N) is 1. The summed E-state index contributed by atoms with van der Waals surface area (Å²) in [5.41, 5.74) is -1.19. The molecule has 0 spiro atoms. The molecule has 0 bridgehead atoms. The van der Waals surface area contributed by atoms with Crippen molar-refractivity contribution in [3.63, 3.8) is 0 Å². The molecule has 0 aliphatic carbocycles. The Morgan fingerprint density at radius 2 is 1.56 bits per heavy atom. The van der Waals surface area contributed by atoms with Crippen molar-refractivity contribution in [2.24, 2.45) is 0 Å². The van der Waals surface area contributed by atoms with Gasteiger partial charge in [-0.2, -0.15) is 4.98 Å². The number of methoxy groups -OCH3 is 2. The highest BCUT2D eigenvalue weighted by Crippen LogP contribution is 2.31. The van der Waals surface area contributed by atoms with Gasteiger partial charge in [-0.05, 0) is 59.7 Å². The summed E-state index contributed by atoms with van der Waals surface area (Å²) in [6.45, 7) is 9.81. The summed E-state index contributed by atoms with van der Waals surface area (Å²) >= 11 is 0. The molecule has 0 aliphatic rings. The third kappa shape index (κ3) is 8.00. The number of carbonyl (C=O) groups excluding carboxylic acids is 2. The quantitative estimate of drug-likeness (QED) is 0.383. The van der Waals surface area contributed by atoms with E-state index in [-0.39, 0.29) is 23.9 Å². The van der Waals surface area contributed by atoms with Crippen molar-refractivity contribution in [2.45, 2.75) is 59.3 Å². The van der Waals surface area contributed by atoms with Gasteiger partial charge >= 0.3 is 17.9 Å². The van der Waals surface area contributed by atoms with Crippen LogP contribution in [0.1, 0.15) is 47.1 Å². The van der Waals surface area contributed by atoms with Crippen molar-refractivity contribution in [1.82, 2.24) is 9.88 Å². The normalized spacial score (nSPS) is 11.3. The summed E-state index contributed by atoms with van der Waals surface area (Å²) in [6, 6.07) is 7.42. The summed E-state index contributed by atoms with van der Waals surface area (Å²) in [5, 5.41) is 14.3. The first kappa shape index (κ1) is 28.1. The Morgan fingerprint density at radius 3 is 2.03 bits per heavy atom. The summed E-state index contributed by atoms with van der Waals surface area (Å²) in [7, 11) is 2.83. The van der Waals surface area contributed by atoms with Crippen molar-refractivity contribution >= 4 is 29.4 Å². The highest BCUT2D eigenvalue weighted by Gasteiger charge is 2.32. The van der Waals surface area contributed by atoms with E-state index >= 15 is 0 Å². The Morgan fingerprint density at radius 1 is 0.972 bits per heavy atom. The van der Waals surface area contributed by atoms with Gasteiger partial charge in [0.05, 0.1) is 25.7 Å². The molecule has 12 heteroatoms. The second-order valence-corrected chi connectivity index (χ2v) is 9.68. The van der Waals surface area contributed by atoms with Crippen molar-refractivity contribution in [3.05, 3.63) is 46.0 Å². The number of hydrogen-bond donors (Lipinski definition) is 1. The van der Waals surface area contributed by atoms with E-state index in [0.29, 0.717) is 17.0 Å². The van der Waals surface area contributed by atoms with E-state index in [1.807, 2.05) is 0 Å². The van der Waals surface area contributed by atoms with Crippen LogP contribution < -0.4 is 14.8 Å². The number of nitro groups is 1. The fourth-order valence-corrected chi connectivity index (χ4v) is 2.91. The molecule has 1 N–H and O–H groups in total. The molecule has 2 aromatic rings. The van der Waals surface area contributed by atoms with Crippen LogP contribution in [0.3, 0.4) is 0 Å². The zero-order valence-corrected chi connectivity index (χ0v) is 21.7. The summed E-state index contributed by atoms with van der Waals surface area (Å²) in [6.07, 6.45) is -1.80. The molecule has 12 nitrogen and oxygen atoms in total. The monoisotopic (exact) mass is 504 g/mol. The van der Waals surface area contributed by atoms with E-state index < -0.39 is 28.3 Å². The van der Waals surface area contributed by atoms with E-state index in [0.717, 1.165) is 4.90 Å². The zero-order chi connectivity index (χ0) is 27.3. The van der Waals surface area contributed by atoms with E-state index in [9.17, 15) is 19.7 Å². The Hall–Kier alpha value is -4.09. The number of rotatable bonds is 7. The molecule has 0 atom stereocenters. The standard InChI is InChI=1S/C24H32N4O8/c1-23(2,3)35-21(29)27(22(30)36-24(4,5)6)14-15-13-16(9-11-18(15)33-7)25-20-17(28(31)32)10-12-19(26-20)34-8/h9-13H,14H2,1-8H3,(H,25,26). The molecule has 2 rings (SSSR count). The van der Waals surface area contributed by atoms with Crippen molar-refractivity contribution < 1.29 is 33.5 Å². The van der Waals surface area contributed by atoms with Crippen LogP contribution >= 0.6 is 0 Å². The SMILES string of the molecule is COc1ccc([N+](=O)[O-])c(Nc2ccc(OC)c(CN(C(=O)OC(C)(C)C)C(=O)OC(C)(C)C)c2)n1. The third-order valence-electron chi connectivity index (χ3n) is 4.35. The number of amides is 2. The minimum Gasteiger partial charge on any atom is -0.496 e. The van der Waals surface area contributed by atoms with Crippen LogP contribution in [-0.4, -0.2) is 52.4 Å². The summed E-state index contributed by atoms with van der Waals surface area (Å²) in [4.78, 5) is 41.6. The van der Waals surface area contributed by atoms with E-state index in [4.69, 9.17) is 18.9 Å². The molecule has 1 aromatic carbocycles. The number of carbonyl (C=O) groups is 2. The topological polar surface area (TPSA) is 142 Å². The van der Waals surface area contributed by atoms with Gasteiger partial charge in [-0.3, -0.25) is 10.1 Å². The Bertz CT molecular complexity index is 1090. The molecule has 0 fully saturated rings. The lowest BCUT2D eigenvalue weighted by Crippen LogP contribution is -2.43. The van der Waals surface area contributed by atoms with E-state index in [1.165, 1.54) is 26.4 Å². The van der Waals surface area contributed by atoms with Gasteiger partial charge in [0.1, 0.15) is 17.0 Å². The Kier molecular flexibility index (Phi) is 8.68. The number of benzene rings is 1. The molecular formula is C24H32N4O8. The Labute approximate surface area is 209 Å². The maximum Gasteiger partial charge on any atom is 0.420 e. The predicted molar refractivity (Wildman–Crippen MR) is 132 cm³/mol. The second-order valence-electron chi connectivity index (χ2n) is 9.68. The largest absolute Gasteiger partial charge is 0.496 e. The smallest absolute Gasteiger partial charge is 0.420 e. The highest BCUT2D eigenvalue weighted by molar-refractivity contribution is 5.88. The highest BCUT2D eigenvalue weighted by atomic mass is 16.6. The van der Waals surface area contributed by atoms with Gasteiger partial charge in [-0.15, -0.1) is 0 Å². The second kappa shape index (κ2) is 11.1. The number of aromatic nitrogens is 1. The van der Waals surface area contributed by atoms with Gasteiger partial charge in [0.25, 0.3) is 0 Å². The maximum atomic E-state index is 12.9. The number of imide groups is 1. The molecule has 0 radical (unpaired) electrons. The first-order valence-corrected chi connectivity index (χ1v) is 11.0. The molecule has 1 heterocycles. The molecule has 0 saturated carbocycles. The van der Waals surface area contributed by atoms with E-state index in [1.54, 1.807) is 59.7 Å². The average Bonchev–Trinajstić information content (AvgIpc) is 2.74. The lowest BCUT2D eigenvalue weighted by Gasteiger charge is -2.29. The average molecular weight is 505 g/mol. The van der Waals surface area contributed by atoms with Gasteiger partial charge in [0, 0.05) is 23.4 Å². The van der Waals surface area contributed by atoms with E-state index in [2.05, 4.69) is 10.3 Å². The number of nitrogens with zero attached hydrogens (tertiary/aromatic N) is 3. The van der Waals surface area contributed by atoms with Crippen molar-refractivity contribution in [2.75, 3.05) is 19.5 Å².